The van der Waals surface area contributed by atoms with Crippen LogP contribution >= 0.6 is 27.3 Å². The number of carboxylic acid groups (broad SMARTS) is 1. The quantitative estimate of drug-likeness (QED) is 0.851. The van der Waals surface area contributed by atoms with E-state index in [1.54, 1.807) is 0 Å². The molecule has 0 fully saturated rings. The fraction of sp³-hybridized carbons (Fsp3) is 0.125. The largest absolute Gasteiger partial charge is 0.477 e. The first kappa shape index (κ1) is 13.2. The van der Waals surface area contributed by atoms with E-state index in [0.29, 0.717) is 13.1 Å². The second-order valence-electron chi connectivity index (χ2n) is 3.23. The van der Waals surface area contributed by atoms with Gasteiger partial charge < -0.3 is 5.11 Å². The zero-order chi connectivity index (χ0) is 13.5. The van der Waals surface area contributed by atoms with Crippen LogP contribution in [0.4, 0.5) is 0 Å². The lowest BCUT2D eigenvalue weighted by Crippen LogP contribution is -2.33. The molecule has 2 rings (SSSR count). The van der Waals surface area contributed by atoms with Gasteiger partial charge in [-0.05, 0) is 22.0 Å². The highest BCUT2D eigenvalue weighted by atomic mass is 79.9. The van der Waals surface area contributed by atoms with Crippen molar-refractivity contribution >= 4 is 49.2 Å². The van der Waals surface area contributed by atoms with Crippen LogP contribution < -0.4 is 0 Å². The molecule has 0 aliphatic carbocycles. The molecule has 1 N–H and O–H groups in total. The predicted octanol–water partition coefficient (Wildman–Crippen LogP) is 0.853. The highest BCUT2D eigenvalue weighted by Gasteiger charge is 2.30. The molecule has 0 saturated carbocycles. The Morgan fingerprint density at radius 2 is 2.22 bits per heavy atom. The third-order valence-electron chi connectivity index (χ3n) is 2.09. The van der Waals surface area contributed by atoms with Crippen LogP contribution in [0.1, 0.15) is 5.01 Å². The van der Waals surface area contributed by atoms with E-state index in [9.17, 15) is 13.2 Å². The summed E-state index contributed by atoms with van der Waals surface area (Å²) >= 11 is 4.35. The number of carbonyl (C=O) groups is 1. The maximum absolute atomic E-state index is 11.7. The van der Waals surface area contributed by atoms with Crippen molar-refractivity contribution in [2.75, 3.05) is 7.05 Å². The summed E-state index contributed by atoms with van der Waals surface area (Å²) in [5.74, 6) is -1.34. The molecule has 18 heavy (non-hydrogen) atoms. The van der Waals surface area contributed by atoms with Crippen molar-refractivity contribution in [2.24, 2.45) is 4.40 Å². The molecular weight excluding hydrogens is 346 g/mol. The number of halogens is 1. The van der Waals surface area contributed by atoms with E-state index in [1.807, 2.05) is 0 Å². The van der Waals surface area contributed by atoms with E-state index in [2.05, 4.69) is 25.3 Å². The summed E-state index contributed by atoms with van der Waals surface area (Å²) in [7, 11) is -2.89. The van der Waals surface area contributed by atoms with E-state index >= 15 is 0 Å². The molecule has 96 valence electrons. The van der Waals surface area contributed by atoms with Gasteiger partial charge in [0.25, 0.3) is 0 Å². The van der Waals surface area contributed by atoms with Crippen molar-refractivity contribution < 1.29 is 18.3 Å². The molecule has 1 aromatic rings. The van der Waals surface area contributed by atoms with Crippen LogP contribution in [0.2, 0.25) is 0 Å². The summed E-state index contributed by atoms with van der Waals surface area (Å²) in [4.78, 5) is 14.9. The van der Waals surface area contributed by atoms with Gasteiger partial charge in [0.15, 0.2) is 0 Å². The molecule has 0 aromatic carbocycles. The summed E-state index contributed by atoms with van der Waals surface area (Å²) in [6.45, 7) is 0. The molecular formula is C8H6BrN3O4S2. The molecule has 7 nitrogen and oxygen atoms in total. The highest BCUT2D eigenvalue weighted by molar-refractivity contribution is 9.11. The first-order valence-corrected chi connectivity index (χ1v) is 7.47. The van der Waals surface area contributed by atoms with Crippen molar-refractivity contribution in [3.05, 3.63) is 26.8 Å². The summed E-state index contributed by atoms with van der Waals surface area (Å²) in [6.07, 6.45) is 2.66. The van der Waals surface area contributed by atoms with Crippen LogP contribution in [0, 0.1) is 0 Å². The van der Waals surface area contributed by atoms with E-state index in [0.717, 1.165) is 18.4 Å². The fourth-order valence-electron chi connectivity index (χ4n) is 1.23. The molecule has 0 amide bonds. The number of rotatable bonds is 2. The number of aromatic nitrogens is 1. The number of aliphatic carboxylic acids is 1. The Kier molecular flexibility index (Phi) is 3.25. The lowest BCUT2D eigenvalue weighted by Gasteiger charge is -2.20. The van der Waals surface area contributed by atoms with E-state index in [-0.39, 0.29) is 11.4 Å². The zero-order valence-corrected chi connectivity index (χ0v) is 12.1. The topological polar surface area (TPSA) is 99.9 Å². The zero-order valence-electron chi connectivity index (χ0n) is 8.86. The minimum atomic E-state index is -4.02. The second-order valence-corrected chi connectivity index (χ2v) is 7.26. The summed E-state index contributed by atoms with van der Waals surface area (Å²) in [5, 5.41) is 9.29. The first-order chi connectivity index (χ1) is 8.31. The number of thiazole rings is 1. The molecule has 0 bridgehead atoms. The molecule has 1 aliphatic rings. The lowest BCUT2D eigenvalue weighted by molar-refractivity contribution is -0.133. The smallest absolute Gasteiger partial charge is 0.353 e. The average Bonchev–Trinajstić information content (AvgIpc) is 2.68. The molecule has 0 spiro atoms. The van der Waals surface area contributed by atoms with Crippen molar-refractivity contribution in [2.45, 2.75) is 0 Å². The molecule has 0 radical (unpaired) electrons. The minimum absolute atomic E-state index is 0.0150. The Morgan fingerprint density at radius 1 is 1.56 bits per heavy atom. The van der Waals surface area contributed by atoms with Crippen molar-refractivity contribution in [3.63, 3.8) is 0 Å². The van der Waals surface area contributed by atoms with Crippen LogP contribution in [-0.4, -0.2) is 41.5 Å². The molecule has 1 aromatic heterocycles. The van der Waals surface area contributed by atoms with E-state index in [1.165, 1.54) is 12.3 Å². The number of nitrogens with zero attached hydrogens (tertiary/aromatic N) is 3. The molecule has 2 heterocycles. The van der Waals surface area contributed by atoms with Crippen molar-refractivity contribution in [1.29, 1.82) is 0 Å². The predicted molar refractivity (Wildman–Crippen MR) is 68.8 cm³/mol. The number of carboxylic acids is 1. The van der Waals surface area contributed by atoms with Crippen LogP contribution in [0.15, 0.2) is 26.2 Å². The van der Waals surface area contributed by atoms with Crippen LogP contribution in [0.25, 0.3) is 0 Å². The maximum atomic E-state index is 11.7. The Bertz CT molecular complexity index is 676. The lowest BCUT2D eigenvalue weighted by atomic mass is 10.3. The van der Waals surface area contributed by atoms with Crippen molar-refractivity contribution in [1.82, 2.24) is 9.29 Å². The number of hydrogen-bond donors (Lipinski definition) is 1. The van der Waals surface area contributed by atoms with Crippen LogP contribution in [-0.2, 0) is 15.0 Å². The monoisotopic (exact) mass is 351 g/mol. The van der Waals surface area contributed by atoms with Gasteiger partial charge in [-0.25, -0.2) is 14.1 Å². The SMILES string of the molecule is CN1C(C(=O)O)=CC(c2ncc(Br)s2)=NS1(=O)=O. The van der Waals surface area contributed by atoms with E-state index < -0.39 is 16.2 Å². The molecule has 0 unspecified atom stereocenters. The van der Waals surface area contributed by atoms with Gasteiger partial charge in [0.05, 0.1) is 9.98 Å². The Hall–Kier alpha value is -1.26. The average molecular weight is 352 g/mol. The molecule has 1 aliphatic heterocycles. The van der Waals surface area contributed by atoms with Gasteiger partial charge in [-0.15, -0.1) is 15.7 Å². The Balaban J connectivity index is 2.58. The van der Waals surface area contributed by atoms with Gasteiger partial charge >= 0.3 is 16.2 Å². The minimum Gasteiger partial charge on any atom is -0.477 e. The van der Waals surface area contributed by atoms with E-state index in [4.69, 9.17) is 5.11 Å². The highest BCUT2D eigenvalue weighted by Crippen LogP contribution is 2.24. The Labute approximate surface area is 115 Å². The molecule has 0 atom stereocenters. The summed E-state index contributed by atoms with van der Waals surface area (Å²) in [5.41, 5.74) is -0.354. The fourth-order valence-corrected chi connectivity index (χ4v) is 3.34. The second kappa shape index (κ2) is 4.44. The maximum Gasteiger partial charge on any atom is 0.353 e. The summed E-state index contributed by atoms with van der Waals surface area (Å²) in [6, 6.07) is 0. The molecule has 0 saturated heterocycles. The van der Waals surface area contributed by atoms with Crippen LogP contribution in [0.3, 0.4) is 0 Å². The van der Waals surface area contributed by atoms with Gasteiger partial charge in [0.1, 0.15) is 16.4 Å². The normalized spacial score (nSPS) is 18.2. The molecule has 10 heteroatoms. The third kappa shape index (κ3) is 2.31. The van der Waals surface area contributed by atoms with Crippen molar-refractivity contribution in [3.8, 4) is 0 Å². The van der Waals surface area contributed by atoms with Crippen LogP contribution in [0.5, 0.6) is 0 Å². The number of hydrogen-bond acceptors (Lipinski definition) is 5. The Morgan fingerprint density at radius 3 is 2.72 bits per heavy atom. The number of likely N-dealkylation sites (N-methyl/N-ethyl adjacent to an activating group) is 1. The standard InChI is InChI=1S/C8H6BrN3O4S2/c1-12-5(8(13)14)2-4(11-18(12,15)16)7-10-3-6(9)17-7/h2-3H,1H3,(H,13,14). The van der Waals surface area contributed by atoms with Gasteiger partial charge in [-0.3, -0.25) is 0 Å². The van der Waals surface area contributed by atoms with Gasteiger partial charge in [0.2, 0.25) is 0 Å². The first-order valence-electron chi connectivity index (χ1n) is 4.47. The van der Waals surface area contributed by atoms with Gasteiger partial charge in [-0.2, -0.15) is 8.42 Å². The summed E-state index contributed by atoms with van der Waals surface area (Å²) < 4.78 is 28.2. The van der Waals surface area contributed by atoms with Gasteiger partial charge in [0, 0.05) is 7.05 Å². The number of allylic oxidation sites excluding steroid dienone is 1. The third-order valence-corrected chi connectivity index (χ3v) is 4.90. The van der Waals surface area contributed by atoms with Gasteiger partial charge in [-0.1, -0.05) is 0 Å².